The van der Waals surface area contributed by atoms with E-state index in [1.807, 2.05) is 15.8 Å². The van der Waals surface area contributed by atoms with Crippen LogP contribution in [0.25, 0.3) is 0 Å². The number of amides is 1. The summed E-state index contributed by atoms with van der Waals surface area (Å²) in [5.74, 6) is 0.727. The molecule has 2 fully saturated rings. The summed E-state index contributed by atoms with van der Waals surface area (Å²) in [6, 6.07) is 2.08. The zero-order valence-corrected chi connectivity index (χ0v) is 13.5. The predicted octanol–water partition coefficient (Wildman–Crippen LogP) is 2.14. The number of aromatic nitrogens is 2. The van der Waals surface area contributed by atoms with Gasteiger partial charge in [-0.25, -0.2) is 0 Å². The van der Waals surface area contributed by atoms with E-state index >= 15 is 0 Å². The van der Waals surface area contributed by atoms with Gasteiger partial charge in [0.15, 0.2) is 0 Å². The molecule has 0 spiro atoms. The highest BCUT2D eigenvalue weighted by Crippen LogP contribution is 2.21. The van der Waals surface area contributed by atoms with Crippen LogP contribution in [0.3, 0.4) is 0 Å². The Kier molecular flexibility index (Phi) is 5.48. The van der Waals surface area contributed by atoms with Crippen LogP contribution < -0.4 is 5.32 Å². The van der Waals surface area contributed by atoms with Gasteiger partial charge in [0.05, 0.1) is 5.69 Å². The van der Waals surface area contributed by atoms with Gasteiger partial charge in [0.25, 0.3) is 0 Å². The minimum Gasteiger partial charge on any atom is -0.341 e. The zero-order valence-electron chi connectivity index (χ0n) is 13.5. The molecule has 2 saturated heterocycles. The highest BCUT2D eigenvalue weighted by Gasteiger charge is 2.19. The second-order valence-corrected chi connectivity index (χ2v) is 6.63. The van der Waals surface area contributed by atoms with Gasteiger partial charge >= 0.3 is 0 Å². The Bertz CT molecular complexity index is 471. The van der Waals surface area contributed by atoms with Crippen molar-refractivity contribution in [1.82, 2.24) is 20.0 Å². The first-order valence-corrected chi connectivity index (χ1v) is 8.85. The van der Waals surface area contributed by atoms with Gasteiger partial charge in [0, 0.05) is 31.7 Å². The molecule has 0 radical (unpaired) electrons. The molecule has 3 rings (SSSR count). The molecular formula is C17H28N4O. The van der Waals surface area contributed by atoms with Crippen LogP contribution in [0.5, 0.6) is 0 Å². The van der Waals surface area contributed by atoms with Crippen molar-refractivity contribution < 1.29 is 4.79 Å². The number of nitrogens with zero attached hydrogens (tertiary/aromatic N) is 3. The van der Waals surface area contributed by atoms with Gasteiger partial charge in [-0.05, 0) is 38.3 Å². The molecule has 0 aromatic carbocycles. The SMILES string of the molecule is O=C(Cn1ccc(C2CCCNC2)n1)N1CCCCCCC1. The van der Waals surface area contributed by atoms with Crippen molar-refractivity contribution in [3.8, 4) is 0 Å². The number of nitrogens with one attached hydrogen (secondary N) is 1. The molecule has 1 N–H and O–H groups in total. The maximum Gasteiger partial charge on any atom is 0.244 e. The average Bonchev–Trinajstić information content (AvgIpc) is 2.96. The quantitative estimate of drug-likeness (QED) is 0.931. The number of piperidine rings is 1. The molecule has 3 heterocycles. The van der Waals surface area contributed by atoms with E-state index in [0.29, 0.717) is 12.5 Å². The highest BCUT2D eigenvalue weighted by molar-refractivity contribution is 5.75. The van der Waals surface area contributed by atoms with Crippen LogP contribution in [0.15, 0.2) is 12.3 Å². The normalized spacial score (nSPS) is 23.8. The smallest absolute Gasteiger partial charge is 0.244 e. The minimum atomic E-state index is 0.221. The zero-order chi connectivity index (χ0) is 15.2. The molecule has 1 aromatic heterocycles. The summed E-state index contributed by atoms with van der Waals surface area (Å²) >= 11 is 0. The van der Waals surface area contributed by atoms with Gasteiger partial charge in [0.1, 0.15) is 6.54 Å². The van der Waals surface area contributed by atoms with Crippen molar-refractivity contribution in [2.45, 2.75) is 57.4 Å². The number of carbonyl (C=O) groups is 1. The van der Waals surface area contributed by atoms with Gasteiger partial charge < -0.3 is 10.2 Å². The lowest BCUT2D eigenvalue weighted by Gasteiger charge is -2.24. The van der Waals surface area contributed by atoms with Crippen LogP contribution in [0.2, 0.25) is 0 Å². The van der Waals surface area contributed by atoms with Crippen molar-refractivity contribution in [2.75, 3.05) is 26.2 Å². The van der Waals surface area contributed by atoms with E-state index in [0.717, 1.165) is 44.7 Å². The molecule has 0 saturated carbocycles. The number of rotatable bonds is 3. The lowest BCUT2D eigenvalue weighted by molar-refractivity contribution is -0.132. The van der Waals surface area contributed by atoms with Crippen LogP contribution in [0.1, 0.15) is 56.6 Å². The molecule has 0 bridgehead atoms. The Morgan fingerprint density at radius 1 is 1.18 bits per heavy atom. The van der Waals surface area contributed by atoms with Crippen LogP contribution in [0.4, 0.5) is 0 Å². The van der Waals surface area contributed by atoms with E-state index < -0.39 is 0 Å². The summed E-state index contributed by atoms with van der Waals surface area (Å²) in [6.45, 7) is 4.35. The molecule has 1 atom stereocenters. The Labute approximate surface area is 133 Å². The van der Waals surface area contributed by atoms with E-state index in [1.165, 1.54) is 32.1 Å². The summed E-state index contributed by atoms with van der Waals surface area (Å²) in [4.78, 5) is 14.5. The van der Waals surface area contributed by atoms with Crippen molar-refractivity contribution in [2.24, 2.45) is 0 Å². The Balaban J connectivity index is 1.55. The largest absolute Gasteiger partial charge is 0.341 e. The van der Waals surface area contributed by atoms with E-state index in [1.54, 1.807) is 0 Å². The van der Waals surface area contributed by atoms with E-state index in [9.17, 15) is 4.79 Å². The first-order valence-electron chi connectivity index (χ1n) is 8.85. The Morgan fingerprint density at radius 2 is 1.95 bits per heavy atom. The summed E-state index contributed by atoms with van der Waals surface area (Å²) in [5.41, 5.74) is 1.13. The van der Waals surface area contributed by atoms with Gasteiger partial charge in [0.2, 0.25) is 5.91 Å². The fourth-order valence-corrected chi connectivity index (χ4v) is 3.52. The third kappa shape index (κ3) is 4.09. The van der Waals surface area contributed by atoms with Gasteiger partial charge in [-0.2, -0.15) is 5.10 Å². The summed E-state index contributed by atoms with van der Waals surface area (Å²) in [6.07, 6.45) is 10.5. The lowest BCUT2D eigenvalue weighted by Crippen LogP contribution is -2.36. The van der Waals surface area contributed by atoms with Crippen LogP contribution >= 0.6 is 0 Å². The van der Waals surface area contributed by atoms with Gasteiger partial charge in [-0.1, -0.05) is 19.3 Å². The predicted molar refractivity (Wildman–Crippen MR) is 86.7 cm³/mol. The molecule has 1 amide bonds. The van der Waals surface area contributed by atoms with Crippen molar-refractivity contribution in [1.29, 1.82) is 0 Å². The fraction of sp³-hybridized carbons (Fsp3) is 0.765. The maximum atomic E-state index is 12.5. The molecule has 122 valence electrons. The van der Waals surface area contributed by atoms with E-state index in [-0.39, 0.29) is 5.91 Å². The van der Waals surface area contributed by atoms with E-state index in [2.05, 4.69) is 16.5 Å². The molecule has 22 heavy (non-hydrogen) atoms. The first-order chi connectivity index (χ1) is 10.8. The molecule has 1 aromatic rings. The fourth-order valence-electron chi connectivity index (χ4n) is 3.52. The molecule has 2 aliphatic rings. The summed E-state index contributed by atoms with van der Waals surface area (Å²) in [7, 11) is 0. The Hall–Kier alpha value is -1.36. The second kappa shape index (κ2) is 7.77. The third-order valence-corrected chi connectivity index (χ3v) is 4.88. The lowest BCUT2D eigenvalue weighted by atomic mass is 9.97. The highest BCUT2D eigenvalue weighted by atomic mass is 16.2. The monoisotopic (exact) mass is 304 g/mol. The first kappa shape index (κ1) is 15.5. The number of carbonyl (C=O) groups excluding carboxylic acids is 1. The molecule has 5 heteroatoms. The molecule has 1 unspecified atom stereocenters. The summed E-state index contributed by atoms with van der Waals surface area (Å²) < 4.78 is 1.82. The minimum absolute atomic E-state index is 0.221. The van der Waals surface area contributed by atoms with Gasteiger partial charge in [-0.15, -0.1) is 0 Å². The summed E-state index contributed by atoms with van der Waals surface area (Å²) in [5, 5.41) is 8.06. The van der Waals surface area contributed by atoms with Crippen molar-refractivity contribution in [3.05, 3.63) is 18.0 Å². The van der Waals surface area contributed by atoms with Crippen LogP contribution in [-0.4, -0.2) is 46.8 Å². The van der Waals surface area contributed by atoms with E-state index in [4.69, 9.17) is 0 Å². The molecule has 0 aliphatic carbocycles. The number of likely N-dealkylation sites (tertiary alicyclic amines) is 1. The number of hydrogen-bond acceptors (Lipinski definition) is 3. The standard InChI is InChI=1S/C17H28N4O/c22-17(20-10-4-2-1-3-5-11-20)14-21-12-8-16(19-21)15-7-6-9-18-13-15/h8,12,15,18H,1-7,9-11,13-14H2. The van der Waals surface area contributed by atoms with Crippen molar-refractivity contribution >= 4 is 5.91 Å². The van der Waals surface area contributed by atoms with Crippen molar-refractivity contribution in [3.63, 3.8) is 0 Å². The molecule has 2 aliphatic heterocycles. The van der Waals surface area contributed by atoms with Crippen LogP contribution in [0, 0.1) is 0 Å². The van der Waals surface area contributed by atoms with Crippen LogP contribution in [-0.2, 0) is 11.3 Å². The topological polar surface area (TPSA) is 50.2 Å². The van der Waals surface area contributed by atoms with Gasteiger partial charge in [-0.3, -0.25) is 9.48 Å². The third-order valence-electron chi connectivity index (χ3n) is 4.88. The Morgan fingerprint density at radius 3 is 2.68 bits per heavy atom. The molecular weight excluding hydrogens is 276 g/mol. The molecule has 5 nitrogen and oxygen atoms in total. The maximum absolute atomic E-state index is 12.5. The average molecular weight is 304 g/mol. The number of hydrogen-bond donors (Lipinski definition) is 1. The second-order valence-electron chi connectivity index (χ2n) is 6.63.